The quantitative estimate of drug-likeness (QED) is 0.764. The zero-order valence-corrected chi connectivity index (χ0v) is 15.5. The van der Waals surface area contributed by atoms with Crippen LogP contribution in [-0.2, 0) is 4.79 Å². The molecule has 0 aromatic heterocycles. The molecule has 2 rings (SSSR count). The molecule has 0 unspecified atom stereocenters. The lowest BCUT2D eigenvalue weighted by Gasteiger charge is -2.13. The number of hydrogen-bond acceptors (Lipinski definition) is 3. The highest BCUT2D eigenvalue weighted by Crippen LogP contribution is 2.27. The molecule has 0 aliphatic rings. The third-order valence-electron chi connectivity index (χ3n) is 3.15. The van der Waals surface area contributed by atoms with Crippen LogP contribution in [-0.4, -0.2) is 17.6 Å². The second-order valence-electron chi connectivity index (χ2n) is 5.18. The number of carbonyl (C=O) groups is 1. The van der Waals surface area contributed by atoms with Gasteiger partial charge in [-0.2, -0.15) is 0 Å². The largest absolute Gasteiger partial charge is 0.482 e. The van der Waals surface area contributed by atoms with Crippen LogP contribution in [0.4, 0.5) is 5.69 Å². The van der Waals surface area contributed by atoms with Crippen molar-refractivity contribution in [1.82, 2.24) is 5.32 Å². The molecule has 0 atom stereocenters. The summed E-state index contributed by atoms with van der Waals surface area (Å²) in [5.41, 5.74) is 2.97. The molecule has 0 fully saturated rings. The normalized spacial score (nSPS) is 10.2. The van der Waals surface area contributed by atoms with Crippen molar-refractivity contribution < 1.29 is 9.53 Å². The number of anilines is 1. The lowest BCUT2D eigenvalue weighted by Crippen LogP contribution is -2.37. The number of thiocarbonyl (C=S) groups is 1. The van der Waals surface area contributed by atoms with E-state index in [0.717, 1.165) is 16.8 Å². The van der Waals surface area contributed by atoms with Crippen molar-refractivity contribution >= 4 is 52.1 Å². The van der Waals surface area contributed by atoms with Crippen molar-refractivity contribution in [1.29, 1.82) is 0 Å². The van der Waals surface area contributed by atoms with Crippen LogP contribution >= 0.6 is 35.4 Å². The van der Waals surface area contributed by atoms with Gasteiger partial charge in [-0.15, -0.1) is 0 Å². The lowest BCUT2D eigenvalue weighted by molar-refractivity contribution is -0.121. The van der Waals surface area contributed by atoms with Gasteiger partial charge in [-0.05, 0) is 61.5 Å². The Labute approximate surface area is 156 Å². The molecule has 126 valence electrons. The van der Waals surface area contributed by atoms with Crippen molar-refractivity contribution in [2.75, 3.05) is 11.9 Å². The summed E-state index contributed by atoms with van der Waals surface area (Å²) in [6.45, 7) is 3.73. The van der Waals surface area contributed by atoms with Gasteiger partial charge in [0.05, 0.1) is 5.02 Å². The third kappa shape index (κ3) is 5.37. The van der Waals surface area contributed by atoms with Gasteiger partial charge in [0, 0.05) is 10.7 Å². The SMILES string of the molecule is Cc1ccc(C)c(NC(=S)NC(=O)COc2ccc(Cl)cc2Cl)c1. The van der Waals surface area contributed by atoms with E-state index in [2.05, 4.69) is 10.6 Å². The second kappa shape index (κ2) is 8.33. The average Bonchev–Trinajstić information content (AvgIpc) is 2.50. The number of ether oxygens (including phenoxy) is 1. The van der Waals surface area contributed by atoms with Crippen molar-refractivity contribution in [2.45, 2.75) is 13.8 Å². The molecule has 1 amide bonds. The molecule has 2 N–H and O–H groups in total. The first-order valence-electron chi connectivity index (χ1n) is 7.11. The van der Waals surface area contributed by atoms with Crippen molar-refractivity contribution in [3.05, 3.63) is 57.6 Å². The molecule has 0 radical (unpaired) electrons. The van der Waals surface area contributed by atoms with E-state index < -0.39 is 0 Å². The number of hydrogen-bond donors (Lipinski definition) is 2. The van der Waals surface area contributed by atoms with E-state index in [0.29, 0.717) is 15.8 Å². The fourth-order valence-corrected chi connectivity index (χ4v) is 2.61. The minimum Gasteiger partial charge on any atom is -0.482 e. The number of halogens is 2. The standard InChI is InChI=1S/C17H16Cl2N2O2S/c1-10-3-4-11(2)14(7-10)20-17(24)21-16(22)9-23-15-6-5-12(18)8-13(15)19/h3-8H,9H2,1-2H3,(H2,20,21,22,24). The maximum atomic E-state index is 11.9. The summed E-state index contributed by atoms with van der Waals surface area (Å²) < 4.78 is 5.36. The molecule has 0 saturated heterocycles. The molecule has 2 aromatic carbocycles. The van der Waals surface area contributed by atoms with E-state index in [1.165, 1.54) is 0 Å². The minimum absolute atomic E-state index is 0.208. The summed E-state index contributed by atoms with van der Waals surface area (Å²) in [5, 5.41) is 6.61. The van der Waals surface area contributed by atoms with Crippen molar-refractivity contribution in [3.8, 4) is 5.75 Å². The average molecular weight is 383 g/mol. The van der Waals surface area contributed by atoms with Crippen LogP contribution in [0.25, 0.3) is 0 Å². The highest BCUT2D eigenvalue weighted by atomic mass is 35.5. The van der Waals surface area contributed by atoms with Gasteiger partial charge in [-0.3, -0.25) is 10.1 Å². The Kier molecular flexibility index (Phi) is 6.43. The van der Waals surface area contributed by atoms with E-state index in [1.807, 2.05) is 32.0 Å². The molecule has 0 saturated carbocycles. The minimum atomic E-state index is -0.385. The van der Waals surface area contributed by atoms with Gasteiger partial charge in [-0.25, -0.2) is 0 Å². The summed E-state index contributed by atoms with van der Waals surface area (Å²) in [6, 6.07) is 10.7. The molecule has 2 aromatic rings. The van der Waals surface area contributed by atoms with Gasteiger partial charge in [-0.1, -0.05) is 35.3 Å². The number of aryl methyl sites for hydroxylation is 2. The van der Waals surface area contributed by atoms with Gasteiger partial charge in [0.25, 0.3) is 5.91 Å². The summed E-state index contributed by atoms with van der Waals surface area (Å²) in [6.07, 6.45) is 0. The highest BCUT2D eigenvalue weighted by Gasteiger charge is 2.09. The van der Waals surface area contributed by atoms with Crippen LogP contribution in [0.5, 0.6) is 5.75 Å². The molecular formula is C17H16Cl2N2O2S. The molecule has 0 aliphatic carbocycles. The zero-order chi connectivity index (χ0) is 17.7. The van der Waals surface area contributed by atoms with Crippen LogP contribution in [0.15, 0.2) is 36.4 Å². The predicted molar refractivity (Wildman–Crippen MR) is 102 cm³/mol. The summed E-state index contributed by atoms with van der Waals surface area (Å²) in [5.74, 6) is -0.00607. The Balaban J connectivity index is 1.87. The van der Waals surface area contributed by atoms with Gasteiger partial charge in [0.1, 0.15) is 5.75 Å². The molecular weight excluding hydrogens is 367 g/mol. The Morgan fingerprint density at radius 2 is 1.92 bits per heavy atom. The van der Waals surface area contributed by atoms with E-state index in [1.54, 1.807) is 18.2 Å². The first-order chi connectivity index (χ1) is 11.3. The van der Waals surface area contributed by atoms with Crippen LogP contribution in [0.3, 0.4) is 0 Å². The topological polar surface area (TPSA) is 50.4 Å². The number of carbonyl (C=O) groups excluding carboxylic acids is 1. The van der Waals surface area contributed by atoms with Gasteiger partial charge >= 0.3 is 0 Å². The summed E-state index contributed by atoms with van der Waals surface area (Å²) >= 11 is 16.9. The lowest BCUT2D eigenvalue weighted by atomic mass is 10.1. The first kappa shape index (κ1) is 18.5. The Hall–Kier alpha value is -1.82. The van der Waals surface area contributed by atoms with Gasteiger partial charge in [0.15, 0.2) is 11.7 Å². The Bertz CT molecular complexity index is 781. The highest BCUT2D eigenvalue weighted by molar-refractivity contribution is 7.80. The number of nitrogens with one attached hydrogen (secondary N) is 2. The molecule has 0 bridgehead atoms. The molecule has 0 spiro atoms. The van der Waals surface area contributed by atoms with E-state index >= 15 is 0 Å². The van der Waals surface area contributed by atoms with Crippen LogP contribution in [0, 0.1) is 13.8 Å². The van der Waals surface area contributed by atoms with Crippen molar-refractivity contribution in [3.63, 3.8) is 0 Å². The third-order valence-corrected chi connectivity index (χ3v) is 3.88. The molecule has 0 aliphatic heterocycles. The van der Waals surface area contributed by atoms with E-state index in [4.69, 9.17) is 40.2 Å². The monoisotopic (exact) mass is 382 g/mol. The van der Waals surface area contributed by atoms with Crippen LogP contribution in [0.1, 0.15) is 11.1 Å². The smallest absolute Gasteiger partial charge is 0.264 e. The second-order valence-corrected chi connectivity index (χ2v) is 6.44. The predicted octanol–water partition coefficient (Wildman–Crippen LogP) is 4.50. The zero-order valence-electron chi connectivity index (χ0n) is 13.2. The number of benzene rings is 2. The van der Waals surface area contributed by atoms with Gasteiger partial charge in [0.2, 0.25) is 0 Å². The molecule has 7 heteroatoms. The summed E-state index contributed by atoms with van der Waals surface area (Å²) in [4.78, 5) is 11.9. The Morgan fingerprint density at radius 1 is 1.17 bits per heavy atom. The molecule has 4 nitrogen and oxygen atoms in total. The Morgan fingerprint density at radius 3 is 2.62 bits per heavy atom. The first-order valence-corrected chi connectivity index (χ1v) is 8.27. The summed E-state index contributed by atoms with van der Waals surface area (Å²) in [7, 11) is 0. The molecule has 24 heavy (non-hydrogen) atoms. The van der Waals surface area contributed by atoms with E-state index in [9.17, 15) is 4.79 Å². The fourth-order valence-electron chi connectivity index (χ4n) is 1.92. The number of amides is 1. The van der Waals surface area contributed by atoms with E-state index in [-0.39, 0.29) is 17.6 Å². The number of rotatable bonds is 4. The van der Waals surface area contributed by atoms with Crippen LogP contribution in [0.2, 0.25) is 10.0 Å². The maximum absolute atomic E-state index is 11.9. The van der Waals surface area contributed by atoms with Crippen LogP contribution < -0.4 is 15.4 Å². The molecule has 0 heterocycles. The fraction of sp³-hybridized carbons (Fsp3) is 0.176. The maximum Gasteiger partial charge on any atom is 0.264 e. The van der Waals surface area contributed by atoms with Crippen molar-refractivity contribution in [2.24, 2.45) is 0 Å². The van der Waals surface area contributed by atoms with Gasteiger partial charge < -0.3 is 10.1 Å².